The Bertz CT molecular complexity index is 734. The maximum absolute atomic E-state index is 14.0. The van der Waals surface area contributed by atoms with Crippen LogP contribution in [-0.2, 0) is 16.0 Å². The van der Waals surface area contributed by atoms with Gasteiger partial charge in [-0.25, -0.2) is 4.39 Å². The summed E-state index contributed by atoms with van der Waals surface area (Å²) < 4.78 is 29.8. The summed E-state index contributed by atoms with van der Waals surface area (Å²) in [6.45, 7) is 2.83. The number of benzene rings is 1. The molecule has 0 aliphatic carbocycles. The van der Waals surface area contributed by atoms with Crippen molar-refractivity contribution in [2.75, 3.05) is 26.8 Å². The van der Waals surface area contributed by atoms with Crippen molar-refractivity contribution in [1.82, 2.24) is 15.0 Å². The Morgan fingerprint density at radius 1 is 1.50 bits per heavy atom. The van der Waals surface area contributed by atoms with E-state index in [2.05, 4.69) is 10.1 Å². The van der Waals surface area contributed by atoms with E-state index >= 15 is 0 Å². The predicted molar refractivity (Wildman–Crippen MR) is 81.0 cm³/mol. The van der Waals surface area contributed by atoms with Crippen molar-refractivity contribution in [3.05, 3.63) is 41.3 Å². The van der Waals surface area contributed by atoms with Crippen LogP contribution < -0.4 is 4.74 Å². The number of hydrogen-bond acceptors (Lipinski definition) is 6. The summed E-state index contributed by atoms with van der Waals surface area (Å²) in [6, 6.07) is 4.61. The number of carbonyl (C=O) groups excluding carboxylic acids is 1. The molecule has 1 atom stereocenters. The number of aromatic nitrogens is 2. The first kappa shape index (κ1) is 16.4. The molecule has 3 rings (SSSR count). The molecule has 1 aliphatic heterocycles. The molecular formula is C16H18FN3O4. The lowest BCUT2D eigenvalue weighted by Crippen LogP contribution is -2.41. The maximum atomic E-state index is 14.0. The number of nitrogens with zero attached hydrogens (tertiary/aromatic N) is 3. The largest absolute Gasteiger partial charge is 0.497 e. The number of ether oxygens (including phenoxy) is 2. The second-order valence-electron chi connectivity index (χ2n) is 5.51. The Morgan fingerprint density at radius 2 is 2.33 bits per heavy atom. The zero-order valence-corrected chi connectivity index (χ0v) is 13.5. The Balaban J connectivity index is 1.70. The summed E-state index contributed by atoms with van der Waals surface area (Å²) in [5.41, 5.74) is 0.443. The second kappa shape index (κ2) is 6.96. The molecule has 2 heterocycles. The van der Waals surface area contributed by atoms with E-state index < -0.39 is 11.9 Å². The lowest BCUT2D eigenvalue weighted by atomic mass is 10.1. The van der Waals surface area contributed by atoms with E-state index in [9.17, 15) is 9.18 Å². The van der Waals surface area contributed by atoms with Crippen LogP contribution in [0.3, 0.4) is 0 Å². The Kier molecular flexibility index (Phi) is 4.75. The lowest BCUT2D eigenvalue weighted by molar-refractivity contribution is -0.137. The van der Waals surface area contributed by atoms with Crippen molar-refractivity contribution in [2.24, 2.45) is 0 Å². The van der Waals surface area contributed by atoms with E-state index in [1.54, 1.807) is 17.0 Å². The molecule has 1 unspecified atom stereocenters. The maximum Gasteiger partial charge on any atom is 0.257 e. The average Bonchev–Trinajstić information content (AvgIpc) is 3.05. The molecular weight excluding hydrogens is 317 g/mol. The van der Waals surface area contributed by atoms with Gasteiger partial charge in [0.15, 0.2) is 11.9 Å². The summed E-state index contributed by atoms with van der Waals surface area (Å²) in [7, 11) is 1.48. The van der Waals surface area contributed by atoms with Crippen LogP contribution in [0.15, 0.2) is 22.7 Å². The van der Waals surface area contributed by atoms with Crippen molar-refractivity contribution < 1.29 is 23.2 Å². The van der Waals surface area contributed by atoms with Crippen LogP contribution >= 0.6 is 0 Å². The van der Waals surface area contributed by atoms with Crippen molar-refractivity contribution in [1.29, 1.82) is 0 Å². The first-order chi connectivity index (χ1) is 11.6. The third kappa shape index (κ3) is 3.53. The van der Waals surface area contributed by atoms with Gasteiger partial charge in [0.1, 0.15) is 11.6 Å². The van der Waals surface area contributed by atoms with Crippen molar-refractivity contribution in [3.63, 3.8) is 0 Å². The van der Waals surface area contributed by atoms with Crippen LogP contribution in [0, 0.1) is 5.82 Å². The first-order valence-electron chi connectivity index (χ1n) is 7.59. The van der Waals surface area contributed by atoms with E-state index in [0.717, 1.165) is 0 Å². The van der Waals surface area contributed by atoms with Crippen LogP contribution in [0.1, 0.15) is 30.3 Å². The van der Waals surface area contributed by atoms with Gasteiger partial charge in [-0.15, -0.1) is 0 Å². The molecule has 24 heavy (non-hydrogen) atoms. The monoisotopic (exact) mass is 335 g/mol. The van der Waals surface area contributed by atoms with Gasteiger partial charge in [-0.1, -0.05) is 11.2 Å². The molecule has 1 saturated heterocycles. The highest BCUT2D eigenvalue weighted by Gasteiger charge is 2.28. The topological polar surface area (TPSA) is 77.7 Å². The fraction of sp³-hybridized carbons (Fsp3) is 0.438. The van der Waals surface area contributed by atoms with Gasteiger partial charge >= 0.3 is 0 Å². The molecule has 0 spiro atoms. The molecule has 7 nitrogen and oxygen atoms in total. The highest BCUT2D eigenvalue weighted by molar-refractivity contribution is 5.73. The molecule has 0 saturated carbocycles. The third-order valence-corrected chi connectivity index (χ3v) is 3.88. The van der Waals surface area contributed by atoms with E-state index in [1.165, 1.54) is 20.1 Å². The van der Waals surface area contributed by atoms with Gasteiger partial charge in [0.05, 0.1) is 20.3 Å². The predicted octanol–water partition coefficient (Wildman–Crippen LogP) is 1.73. The van der Waals surface area contributed by atoms with Gasteiger partial charge in [-0.3, -0.25) is 4.79 Å². The van der Waals surface area contributed by atoms with Crippen LogP contribution in [-0.4, -0.2) is 47.8 Å². The summed E-state index contributed by atoms with van der Waals surface area (Å²) in [6.07, 6.45) is -0.257. The zero-order valence-electron chi connectivity index (χ0n) is 13.5. The molecule has 8 heteroatoms. The average molecular weight is 335 g/mol. The van der Waals surface area contributed by atoms with Crippen molar-refractivity contribution in [3.8, 4) is 5.75 Å². The fourth-order valence-electron chi connectivity index (χ4n) is 2.52. The van der Waals surface area contributed by atoms with E-state index in [1.807, 2.05) is 0 Å². The first-order valence-corrected chi connectivity index (χ1v) is 7.59. The molecule has 1 fully saturated rings. The Morgan fingerprint density at radius 3 is 3.04 bits per heavy atom. The molecule has 2 aromatic rings. The molecule has 1 amide bonds. The molecule has 128 valence electrons. The molecule has 1 aromatic heterocycles. The Hall–Kier alpha value is -2.48. The van der Waals surface area contributed by atoms with Gasteiger partial charge in [0.2, 0.25) is 5.91 Å². The molecule has 0 bridgehead atoms. The zero-order chi connectivity index (χ0) is 17.1. The van der Waals surface area contributed by atoms with Gasteiger partial charge in [-0.05, 0) is 11.6 Å². The Labute approximate surface area is 138 Å². The smallest absolute Gasteiger partial charge is 0.257 e. The molecule has 1 aliphatic rings. The van der Waals surface area contributed by atoms with Gasteiger partial charge in [-0.2, -0.15) is 4.98 Å². The van der Waals surface area contributed by atoms with Crippen molar-refractivity contribution >= 4 is 5.91 Å². The van der Waals surface area contributed by atoms with E-state index in [0.29, 0.717) is 42.7 Å². The number of methoxy groups -OCH3 is 1. The van der Waals surface area contributed by atoms with Crippen molar-refractivity contribution in [2.45, 2.75) is 19.4 Å². The number of morpholine rings is 1. The summed E-state index contributed by atoms with van der Waals surface area (Å²) >= 11 is 0. The third-order valence-electron chi connectivity index (χ3n) is 3.88. The van der Waals surface area contributed by atoms with Gasteiger partial charge in [0.25, 0.3) is 5.89 Å². The quantitative estimate of drug-likeness (QED) is 0.847. The minimum atomic E-state index is -0.454. The van der Waals surface area contributed by atoms with Gasteiger partial charge < -0.3 is 18.9 Å². The molecule has 0 radical (unpaired) electrons. The normalized spacial score (nSPS) is 17.8. The highest BCUT2D eigenvalue weighted by Crippen LogP contribution is 2.22. The number of halogens is 1. The standard InChI is InChI=1S/C16H18FN3O4/c1-10(21)20-5-6-23-14(9-20)16-18-15(19-24-16)7-11-3-4-12(22-2)8-13(11)17/h3-4,8,14H,5-7,9H2,1-2H3. The summed E-state index contributed by atoms with van der Waals surface area (Å²) in [5, 5.41) is 3.87. The van der Waals surface area contributed by atoms with Crippen LogP contribution in [0.2, 0.25) is 0 Å². The van der Waals surface area contributed by atoms with E-state index in [-0.39, 0.29) is 12.3 Å². The van der Waals surface area contributed by atoms with E-state index in [4.69, 9.17) is 14.0 Å². The van der Waals surface area contributed by atoms with Crippen LogP contribution in [0.4, 0.5) is 4.39 Å². The van der Waals surface area contributed by atoms with Crippen LogP contribution in [0.5, 0.6) is 5.75 Å². The molecule has 0 N–H and O–H groups in total. The number of hydrogen-bond donors (Lipinski definition) is 0. The second-order valence-corrected chi connectivity index (χ2v) is 5.51. The van der Waals surface area contributed by atoms with Crippen LogP contribution in [0.25, 0.3) is 0 Å². The highest BCUT2D eigenvalue weighted by atomic mass is 19.1. The number of amides is 1. The van der Waals surface area contributed by atoms with Gasteiger partial charge in [0, 0.05) is 26.0 Å². The minimum absolute atomic E-state index is 0.0247. The number of carbonyl (C=O) groups is 1. The fourth-order valence-corrected chi connectivity index (χ4v) is 2.52. The lowest BCUT2D eigenvalue weighted by Gasteiger charge is -2.30. The number of rotatable bonds is 4. The summed E-state index contributed by atoms with van der Waals surface area (Å²) in [4.78, 5) is 17.4. The minimum Gasteiger partial charge on any atom is -0.497 e. The summed E-state index contributed by atoms with van der Waals surface area (Å²) in [5.74, 6) is 0.688. The molecule has 1 aromatic carbocycles. The SMILES string of the molecule is COc1ccc(Cc2noc(C3CN(C(C)=O)CCO3)n2)c(F)c1.